The number of nitrogens with one attached hydrogen (secondary N) is 2. The standard InChI is InChI=1S/C25H24BrN3O5/c26-14-5-8-18-17(11-14)25(24(33)27-18)21-20(19(28-25)10-13-3-6-15(30)7-4-13)22(31)29(23(21)32)12-16-2-1-9-34-16/h3-8,11,16,19-21,28,30H,1-2,9-10,12H2,(H,27,33). The van der Waals surface area contributed by atoms with Crippen molar-refractivity contribution in [2.45, 2.75) is 36.9 Å². The minimum absolute atomic E-state index is 0.154. The molecule has 0 bridgehead atoms. The largest absolute Gasteiger partial charge is 0.508 e. The molecule has 176 valence electrons. The maximum Gasteiger partial charge on any atom is 0.250 e. The van der Waals surface area contributed by atoms with Crippen molar-refractivity contribution in [1.82, 2.24) is 10.2 Å². The van der Waals surface area contributed by atoms with Crippen molar-refractivity contribution in [2.24, 2.45) is 11.8 Å². The van der Waals surface area contributed by atoms with Crippen LogP contribution in [0.15, 0.2) is 46.9 Å². The van der Waals surface area contributed by atoms with E-state index in [2.05, 4.69) is 26.6 Å². The van der Waals surface area contributed by atoms with Crippen molar-refractivity contribution in [3.63, 3.8) is 0 Å². The Kier molecular flexibility index (Phi) is 5.05. The molecule has 3 fully saturated rings. The molecule has 4 aliphatic heterocycles. The zero-order valence-electron chi connectivity index (χ0n) is 18.3. The minimum atomic E-state index is -1.33. The summed E-state index contributed by atoms with van der Waals surface area (Å²) in [5, 5.41) is 16.0. The number of benzene rings is 2. The van der Waals surface area contributed by atoms with Gasteiger partial charge in [-0.05, 0) is 55.2 Å². The second-order valence-electron chi connectivity index (χ2n) is 9.50. The van der Waals surface area contributed by atoms with Gasteiger partial charge in [-0.2, -0.15) is 0 Å². The second kappa shape index (κ2) is 7.90. The zero-order valence-corrected chi connectivity index (χ0v) is 19.9. The predicted octanol–water partition coefficient (Wildman–Crippen LogP) is 2.30. The van der Waals surface area contributed by atoms with Crippen molar-refractivity contribution >= 4 is 39.3 Å². The molecule has 1 spiro atoms. The smallest absolute Gasteiger partial charge is 0.250 e. The Bertz CT molecular complexity index is 1200. The lowest BCUT2D eigenvalue weighted by molar-refractivity contribution is -0.144. The molecule has 6 rings (SSSR count). The van der Waals surface area contributed by atoms with Crippen LogP contribution in [-0.2, 0) is 31.1 Å². The Morgan fingerprint density at radius 1 is 1.12 bits per heavy atom. The van der Waals surface area contributed by atoms with Gasteiger partial charge in [0.15, 0.2) is 0 Å². The molecule has 8 nitrogen and oxygen atoms in total. The van der Waals surface area contributed by atoms with Crippen LogP contribution < -0.4 is 10.6 Å². The van der Waals surface area contributed by atoms with Crippen LogP contribution in [0.5, 0.6) is 5.75 Å². The quantitative estimate of drug-likeness (QED) is 0.528. The number of rotatable bonds is 4. The van der Waals surface area contributed by atoms with E-state index in [0.717, 1.165) is 22.9 Å². The number of halogens is 1. The molecule has 4 aliphatic rings. The van der Waals surface area contributed by atoms with E-state index in [1.165, 1.54) is 4.90 Å². The molecule has 3 amide bonds. The van der Waals surface area contributed by atoms with Crippen LogP contribution in [0, 0.1) is 11.8 Å². The van der Waals surface area contributed by atoms with Gasteiger partial charge in [-0.25, -0.2) is 0 Å². The number of hydrogen-bond donors (Lipinski definition) is 3. The molecule has 0 saturated carbocycles. The summed E-state index contributed by atoms with van der Waals surface area (Å²) in [6.07, 6.45) is 1.99. The van der Waals surface area contributed by atoms with Crippen LogP contribution in [0.3, 0.4) is 0 Å². The number of anilines is 1. The number of fused-ring (bicyclic) bond motifs is 4. The molecule has 9 heteroatoms. The van der Waals surface area contributed by atoms with E-state index in [1.807, 2.05) is 12.1 Å². The number of carbonyl (C=O) groups excluding carboxylic acids is 3. The topological polar surface area (TPSA) is 108 Å². The van der Waals surface area contributed by atoms with Gasteiger partial charge in [0.25, 0.3) is 0 Å². The average Bonchev–Trinajstić information content (AvgIpc) is 3.56. The molecular formula is C25H24BrN3O5. The van der Waals surface area contributed by atoms with Crippen molar-refractivity contribution in [3.8, 4) is 5.75 Å². The van der Waals surface area contributed by atoms with Crippen molar-refractivity contribution < 1.29 is 24.2 Å². The molecule has 0 radical (unpaired) electrons. The Balaban J connectivity index is 1.43. The summed E-state index contributed by atoms with van der Waals surface area (Å²) < 4.78 is 6.49. The number of imide groups is 1. The third kappa shape index (κ3) is 3.14. The maximum atomic E-state index is 13.8. The number of ether oxygens (including phenoxy) is 1. The van der Waals surface area contributed by atoms with E-state index >= 15 is 0 Å². The van der Waals surface area contributed by atoms with Gasteiger partial charge in [0.1, 0.15) is 11.3 Å². The zero-order chi connectivity index (χ0) is 23.6. The number of phenolic OH excluding ortho intramolecular Hbond substituents is 1. The Morgan fingerprint density at radius 2 is 1.91 bits per heavy atom. The monoisotopic (exact) mass is 525 g/mol. The lowest BCUT2D eigenvalue weighted by Gasteiger charge is -2.30. The minimum Gasteiger partial charge on any atom is -0.508 e. The highest BCUT2D eigenvalue weighted by atomic mass is 79.9. The van der Waals surface area contributed by atoms with Gasteiger partial charge < -0.3 is 15.2 Å². The summed E-state index contributed by atoms with van der Waals surface area (Å²) in [6.45, 7) is 0.853. The van der Waals surface area contributed by atoms with Crippen LogP contribution in [0.1, 0.15) is 24.0 Å². The highest BCUT2D eigenvalue weighted by molar-refractivity contribution is 9.10. The summed E-state index contributed by atoms with van der Waals surface area (Å²) in [6, 6.07) is 11.8. The number of phenols is 1. The Hall–Kier alpha value is -2.75. The number of aromatic hydroxyl groups is 1. The third-order valence-corrected chi connectivity index (χ3v) is 8.06. The summed E-state index contributed by atoms with van der Waals surface area (Å²) in [5.74, 6) is -2.27. The number of carbonyl (C=O) groups is 3. The van der Waals surface area contributed by atoms with E-state index in [9.17, 15) is 19.5 Å². The molecule has 0 aliphatic carbocycles. The van der Waals surface area contributed by atoms with Gasteiger partial charge in [0, 0.05) is 28.4 Å². The van der Waals surface area contributed by atoms with E-state index in [0.29, 0.717) is 24.3 Å². The number of hydrogen-bond acceptors (Lipinski definition) is 6. The molecule has 2 aromatic rings. The maximum absolute atomic E-state index is 13.8. The highest BCUT2D eigenvalue weighted by Gasteiger charge is 2.70. The fourth-order valence-electron chi connectivity index (χ4n) is 6.07. The van der Waals surface area contributed by atoms with Crippen LogP contribution >= 0.6 is 15.9 Å². The van der Waals surface area contributed by atoms with Gasteiger partial charge in [-0.15, -0.1) is 0 Å². The van der Waals surface area contributed by atoms with Crippen LogP contribution in [0.2, 0.25) is 0 Å². The molecule has 34 heavy (non-hydrogen) atoms. The van der Waals surface area contributed by atoms with Gasteiger partial charge in [-0.1, -0.05) is 28.1 Å². The third-order valence-electron chi connectivity index (χ3n) is 7.57. The lowest BCUT2D eigenvalue weighted by atomic mass is 9.76. The fraction of sp³-hybridized carbons (Fsp3) is 0.400. The van der Waals surface area contributed by atoms with E-state index in [1.54, 1.807) is 30.3 Å². The summed E-state index contributed by atoms with van der Waals surface area (Å²) >= 11 is 3.49. The SMILES string of the molecule is O=C1C2C(Cc3ccc(O)cc3)NC3(C(=O)Nc4ccc(Br)cc43)C2C(=O)N1CC1CCCO1. The summed E-state index contributed by atoms with van der Waals surface area (Å²) in [7, 11) is 0. The first-order chi connectivity index (χ1) is 16.4. The molecular weight excluding hydrogens is 502 g/mol. The normalized spacial score (nSPS) is 31.9. The van der Waals surface area contributed by atoms with Crippen LogP contribution in [0.25, 0.3) is 0 Å². The average molecular weight is 526 g/mol. The first kappa shape index (κ1) is 21.8. The second-order valence-corrected chi connectivity index (χ2v) is 10.4. The molecule has 5 atom stereocenters. The van der Waals surface area contributed by atoms with Gasteiger partial charge in [0.2, 0.25) is 17.7 Å². The van der Waals surface area contributed by atoms with Crippen LogP contribution in [0.4, 0.5) is 5.69 Å². The van der Waals surface area contributed by atoms with Crippen molar-refractivity contribution in [1.29, 1.82) is 0 Å². The van der Waals surface area contributed by atoms with E-state index in [4.69, 9.17) is 4.74 Å². The molecule has 4 heterocycles. The summed E-state index contributed by atoms with van der Waals surface area (Å²) in [4.78, 5) is 42.4. The molecule has 3 saturated heterocycles. The first-order valence-electron chi connectivity index (χ1n) is 11.5. The summed E-state index contributed by atoms with van der Waals surface area (Å²) in [5.41, 5.74) is 0.887. The number of nitrogens with zero attached hydrogens (tertiary/aromatic N) is 1. The first-order valence-corrected chi connectivity index (χ1v) is 12.3. The molecule has 3 N–H and O–H groups in total. The molecule has 0 aromatic heterocycles. The lowest BCUT2D eigenvalue weighted by Crippen LogP contribution is -2.54. The Labute approximate surface area is 204 Å². The van der Waals surface area contributed by atoms with Gasteiger partial charge in [0.05, 0.1) is 24.5 Å². The van der Waals surface area contributed by atoms with Crippen molar-refractivity contribution in [3.05, 3.63) is 58.1 Å². The predicted molar refractivity (Wildman–Crippen MR) is 126 cm³/mol. The van der Waals surface area contributed by atoms with Crippen LogP contribution in [-0.4, -0.2) is 53.0 Å². The van der Waals surface area contributed by atoms with E-state index in [-0.39, 0.29) is 36.1 Å². The molecule has 2 aromatic carbocycles. The number of amides is 3. The highest BCUT2D eigenvalue weighted by Crippen LogP contribution is 2.53. The number of likely N-dealkylation sites (tertiary alicyclic amines) is 1. The fourth-order valence-corrected chi connectivity index (χ4v) is 6.43. The van der Waals surface area contributed by atoms with Gasteiger partial charge >= 0.3 is 0 Å². The van der Waals surface area contributed by atoms with E-state index < -0.39 is 23.4 Å². The molecule has 5 unspecified atom stereocenters. The van der Waals surface area contributed by atoms with Gasteiger partial charge in [-0.3, -0.25) is 24.6 Å². The van der Waals surface area contributed by atoms with Crippen molar-refractivity contribution in [2.75, 3.05) is 18.5 Å². The Morgan fingerprint density at radius 3 is 2.65 bits per heavy atom.